The van der Waals surface area contributed by atoms with E-state index in [9.17, 15) is 0 Å². The van der Waals surface area contributed by atoms with Crippen LogP contribution in [0.25, 0.3) is 0 Å². The molecular weight excluding hydrogens is 156 g/mol. The molecule has 0 N–H and O–H groups in total. The van der Waals surface area contributed by atoms with Gasteiger partial charge in [-0.2, -0.15) is 0 Å². The topological polar surface area (TPSA) is 0 Å². The Kier molecular flexibility index (Phi) is 4.02. The standard InChI is InChI=1S/C11H18.C2H6/c1-8-6-7-10-4-3-5-11(10)9(8)2;1-2/h10-11H,3-7H2,1-2H3;1-2H3. The molecule has 2 aliphatic carbocycles. The lowest BCUT2D eigenvalue weighted by molar-refractivity contribution is 0.382. The second-order valence-electron chi connectivity index (χ2n) is 4.30. The Bertz CT molecular complexity index is 188. The summed E-state index contributed by atoms with van der Waals surface area (Å²) < 4.78 is 0. The molecule has 0 amide bonds. The van der Waals surface area contributed by atoms with Crippen LogP contribution in [-0.2, 0) is 0 Å². The van der Waals surface area contributed by atoms with Crippen LogP contribution in [0, 0.1) is 11.8 Å². The molecule has 1 fully saturated rings. The van der Waals surface area contributed by atoms with Crippen LogP contribution in [0.4, 0.5) is 0 Å². The molecule has 0 saturated heterocycles. The van der Waals surface area contributed by atoms with E-state index in [-0.39, 0.29) is 0 Å². The van der Waals surface area contributed by atoms with Crippen LogP contribution >= 0.6 is 0 Å². The number of allylic oxidation sites excluding steroid dienone is 2. The minimum atomic E-state index is 0.990. The van der Waals surface area contributed by atoms with Crippen LogP contribution < -0.4 is 0 Å². The average Bonchev–Trinajstić information content (AvgIpc) is 2.63. The summed E-state index contributed by atoms with van der Waals surface area (Å²) in [4.78, 5) is 0. The Morgan fingerprint density at radius 2 is 1.69 bits per heavy atom. The molecule has 0 spiro atoms. The van der Waals surface area contributed by atoms with E-state index in [1.807, 2.05) is 13.8 Å². The van der Waals surface area contributed by atoms with Crippen LogP contribution in [0.3, 0.4) is 0 Å². The first kappa shape index (κ1) is 10.8. The van der Waals surface area contributed by atoms with Crippen molar-refractivity contribution in [2.24, 2.45) is 11.8 Å². The fourth-order valence-electron chi connectivity index (χ4n) is 2.87. The Hall–Kier alpha value is -0.260. The summed E-state index contributed by atoms with van der Waals surface area (Å²) in [6, 6.07) is 0. The van der Waals surface area contributed by atoms with E-state index in [0.29, 0.717) is 0 Å². The molecule has 0 bridgehead atoms. The number of fused-ring (bicyclic) bond motifs is 1. The predicted molar refractivity (Wildman–Crippen MR) is 59.8 cm³/mol. The smallest absolute Gasteiger partial charge is 0.0175 e. The SMILES string of the molecule is CC.CC1=C(C)C2CCCC2CC1. The van der Waals surface area contributed by atoms with Crippen molar-refractivity contribution in [3.63, 3.8) is 0 Å². The van der Waals surface area contributed by atoms with E-state index in [2.05, 4.69) is 13.8 Å². The Labute approximate surface area is 83.4 Å². The molecule has 0 heteroatoms. The zero-order valence-electron chi connectivity index (χ0n) is 9.69. The van der Waals surface area contributed by atoms with E-state index in [4.69, 9.17) is 0 Å². The van der Waals surface area contributed by atoms with Gasteiger partial charge in [-0.3, -0.25) is 0 Å². The number of rotatable bonds is 0. The maximum atomic E-state index is 2.36. The fourth-order valence-corrected chi connectivity index (χ4v) is 2.87. The summed E-state index contributed by atoms with van der Waals surface area (Å²) in [6.45, 7) is 8.68. The third-order valence-electron chi connectivity index (χ3n) is 3.78. The molecule has 0 heterocycles. The molecule has 2 rings (SSSR count). The van der Waals surface area contributed by atoms with Gasteiger partial charge in [-0.1, -0.05) is 31.4 Å². The summed E-state index contributed by atoms with van der Waals surface area (Å²) in [5.41, 5.74) is 3.42. The molecule has 1 saturated carbocycles. The highest BCUT2D eigenvalue weighted by Gasteiger charge is 2.31. The highest BCUT2D eigenvalue weighted by atomic mass is 14.4. The minimum absolute atomic E-state index is 0.990. The zero-order chi connectivity index (χ0) is 9.84. The van der Waals surface area contributed by atoms with Crippen molar-refractivity contribution >= 4 is 0 Å². The fraction of sp³-hybridized carbons (Fsp3) is 0.846. The molecule has 0 aliphatic heterocycles. The van der Waals surface area contributed by atoms with Gasteiger partial charge in [0.15, 0.2) is 0 Å². The van der Waals surface area contributed by atoms with E-state index < -0.39 is 0 Å². The van der Waals surface area contributed by atoms with Crippen LogP contribution in [0.15, 0.2) is 11.1 Å². The average molecular weight is 180 g/mol. The molecule has 0 aromatic heterocycles. The van der Waals surface area contributed by atoms with Gasteiger partial charge in [0.2, 0.25) is 0 Å². The number of hydrogen-bond donors (Lipinski definition) is 0. The molecule has 0 aromatic carbocycles. The van der Waals surface area contributed by atoms with Gasteiger partial charge >= 0.3 is 0 Å². The summed E-state index contributed by atoms with van der Waals surface area (Å²) in [5, 5.41) is 0. The predicted octanol–water partition coefficient (Wildman–Crippen LogP) is 4.56. The first-order valence-corrected chi connectivity index (χ1v) is 5.95. The summed E-state index contributed by atoms with van der Waals surface area (Å²) in [7, 11) is 0. The lowest BCUT2D eigenvalue weighted by Gasteiger charge is -2.27. The van der Waals surface area contributed by atoms with Gasteiger partial charge in [-0.05, 0) is 51.4 Å². The Morgan fingerprint density at radius 1 is 1.00 bits per heavy atom. The van der Waals surface area contributed by atoms with Gasteiger partial charge in [0.05, 0.1) is 0 Å². The van der Waals surface area contributed by atoms with Crippen LogP contribution in [0.5, 0.6) is 0 Å². The Morgan fingerprint density at radius 3 is 2.38 bits per heavy atom. The normalized spacial score (nSPS) is 32.3. The largest absolute Gasteiger partial charge is 0.0741 e. The third-order valence-corrected chi connectivity index (χ3v) is 3.78. The van der Waals surface area contributed by atoms with E-state index >= 15 is 0 Å². The maximum absolute atomic E-state index is 2.36. The monoisotopic (exact) mass is 180 g/mol. The van der Waals surface area contributed by atoms with Gasteiger partial charge in [-0.15, -0.1) is 0 Å². The minimum Gasteiger partial charge on any atom is -0.0741 e. The van der Waals surface area contributed by atoms with Gasteiger partial charge in [0, 0.05) is 0 Å². The molecule has 76 valence electrons. The summed E-state index contributed by atoms with van der Waals surface area (Å²) in [5.74, 6) is 2.06. The zero-order valence-corrected chi connectivity index (χ0v) is 9.69. The second kappa shape index (κ2) is 4.83. The lowest BCUT2D eigenvalue weighted by atomic mass is 9.78. The first-order valence-electron chi connectivity index (χ1n) is 5.95. The maximum Gasteiger partial charge on any atom is -0.0175 e. The molecule has 13 heavy (non-hydrogen) atoms. The molecule has 0 nitrogen and oxygen atoms in total. The molecule has 2 aliphatic rings. The van der Waals surface area contributed by atoms with Crippen LogP contribution in [0.1, 0.15) is 59.8 Å². The van der Waals surface area contributed by atoms with Gasteiger partial charge < -0.3 is 0 Å². The van der Waals surface area contributed by atoms with E-state index in [0.717, 1.165) is 11.8 Å². The lowest BCUT2D eigenvalue weighted by Crippen LogP contribution is -2.15. The van der Waals surface area contributed by atoms with Crippen molar-refractivity contribution in [2.45, 2.75) is 59.8 Å². The van der Waals surface area contributed by atoms with Crippen molar-refractivity contribution in [3.05, 3.63) is 11.1 Å². The van der Waals surface area contributed by atoms with Crippen molar-refractivity contribution < 1.29 is 0 Å². The molecule has 2 atom stereocenters. The van der Waals surface area contributed by atoms with Gasteiger partial charge in [-0.25, -0.2) is 0 Å². The van der Waals surface area contributed by atoms with Crippen molar-refractivity contribution in [1.29, 1.82) is 0 Å². The highest BCUT2D eigenvalue weighted by Crippen LogP contribution is 2.44. The van der Waals surface area contributed by atoms with E-state index in [1.165, 1.54) is 32.1 Å². The molecule has 2 unspecified atom stereocenters. The quantitative estimate of drug-likeness (QED) is 0.479. The Balaban J connectivity index is 0.000000396. The summed E-state index contributed by atoms with van der Waals surface area (Å²) in [6.07, 6.45) is 7.34. The van der Waals surface area contributed by atoms with Crippen LogP contribution in [-0.4, -0.2) is 0 Å². The number of hydrogen-bond acceptors (Lipinski definition) is 0. The molecule has 0 radical (unpaired) electrons. The van der Waals surface area contributed by atoms with Crippen molar-refractivity contribution in [3.8, 4) is 0 Å². The van der Waals surface area contributed by atoms with Gasteiger partial charge in [0.1, 0.15) is 0 Å². The molecular formula is C13H24. The highest BCUT2D eigenvalue weighted by molar-refractivity contribution is 5.18. The van der Waals surface area contributed by atoms with Crippen molar-refractivity contribution in [2.75, 3.05) is 0 Å². The summed E-state index contributed by atoms with van der Waals surface area (Å²) >= 11 is 0. The second-order valence-corrected chi connectivity index (χ2v) is 4.30. The van der Waals surface area contributed by atoms with Crippen LogP contribution in [0.2, 0.25) is 0 Å². The third kappa shape index (κ3) is 2.15. The van der Waals surface area contributed by atoms with Crippen molar-refractivity contribution in [1.82, 2.24) is 0 Å². The first-order chi connectivity index (χ1) is 6.29. The van der Waals surface area contributed by atoms with E-state index in [1.54, 1.807) is 11.1 Å². The van der Waals surface area contributed by atoms with Gasteiger partial charge in [0.25, 0.3) is 0 Å². The molecule has 0 aromatic rings.